The Morgan fingerprint density at radius 3 is 2.69 bits per heavy atom. The number of hydrogen-bond acceptors (Lipinski definition) is 3. The average Bonchev–Trinajstić information content (AvgIpc) is 3.00. The molecule has 1 aliphatic carbocycles. The van der Waals surface area contributed by atoms with Gasteiger partial charge in [0.25, 0.3) is 0 Å². The minimum Gasteiger partial charge on any atom is -0.319 e. The summed E-state index contributed by atoms with van der Waals surface area (Å²) in [5.74, 6) is 0. The molecule has 3 heteroatoms. The highest BCUT2D eigenvalue weighted by atomic mass is 15.1. The highest BCUT2D eigenvalue weighted by Crippen LogP contribution is 2.56. The van der Waals surface area contributed by atoms with Crippen LogP contribution in [0.5, 0.6) is 0 Å². The van der Waals surface area contributed by atoms with Crippen molar-refractivity contribution in [3.63, 3.8) is 0 Å². The van der Waals surface area contributed by atoms with E-state index in [1.54, 1.807) is 0 Å². The molecule has 1 fully saturated rings. The first-order valence-electron chi connectivity index (χ1n) is 5.90. The fraction of sp³-hybridized carbons (Fsp3) is 0.615. The lowest BCUT2D eigenvalue weighted by Gasteiger charge is -2.32. The zero-order valence-electron chi connectivity index (χ0n) is 10.4. The van der Waals surface area contributed by atoms with Gasteiger partial charge in [-0.25, -0.2) is 0 Å². The van der Waals surface area contributed by atoms with Gasteiger partial charge in [-0.1, -0.05) is 6.07 Å². The summed E-state index contributed by atoms with van der Waals surface area (Å²) in [5.41, 5.74) is 1.75. The number of hydrogen-bond donors (Lipinski definition) is 1. The molecule has 0 spiro atoms. The predicted molar refractivity (Wildman–Crippen MR) is 66.3 cm³/mol. The van der Waals surface area contributed by atoms with Gasteiger partial charge in [-0.2, -0.15) is 0 Å². The van der Waals surface area contributed by atoms with Crippen LogP contribution in [0.25, 0.3) is 0 Å². The first kappa shape index (κ1) is 11.6. The van der Waals surface area contributed by atoms with Crippen LogP contribution in [0.3, 0.4) is 0 Å². The van der Waals surface area contributed by atoms with E-state index < -0.39 is 0 Å². The van der Waals surface area contributed by atoms with Crippen molar-refractivity contribution >= 4 is 0 Å². The molecule has 1 aromatic rings. The molecule has 16 heavy (non-hydrogen) atoms. The van der Waals surface area contributed by atoms with Crippen LogP contribution in [0, 0.1) is 5.41 Å². The summed E-state index contributed by atoms with van der Waals surface area (Å²) in [5, 5.41) is 3.33. The predicted octanol–water partition coefficient (Wildman–Crippen LogP) is 1.68. The van der Waals surface area contributed by atoms with Crippen LogP contribution in [-0.2, 0) is 0 Å². The van der Waals surface area contributed by atoms with Crippen LogP contribution in [0.15, 0.2) is 24.5 Å². The molecular weight excluding hydrogens is 198 g/mol. The molecular formula is C13H21N3. The summed E-state index contributed by atoms with van der Waals surface area (Å²) >= 11 is 0. The smallest absolute Gasteiger partial charge is 0.0425 e. The van der Waals surface area contributed by atoms with Crippen molar-refractivity contribution in [2.45, 2.75) is 18.9 Å². The summed E-state index contributed by atoms with van der Waals surface area (Å²) in [6, 6.07) is 4.70. The normalized spacial score (nSPS) is 19.8. The van der Waals surface area contributed by atoms with E-state index in [9.17, 15) is 0 Å². The molecule has 3 nitrogen and oxygen atoms in total. The molecule has 1 aliphatic rings. The van der Waals surface area contributed by atoms with Crippen LogP contribution >= 0.6 is 0 Å². The summed E-state index contributed by atoms with van der Waals surface area (Å²) in [4.78, 5) is 6.56. The number of pyridine rings is 1. The van der Waals surface area contributed by atoms with Crippen molar-refractivity contribution < 1.29 is 0 Å². The van der Waals surface area contributed by atoms with Crippen molar-refractivity contribution in [3.8, 4) is 0 Å². The summed E-state index contributed by atoms with van der Waals surface area (Å²) in [7, 11) is 6.36. The van der Waals surface area contributed by atoms with Gasteiger partial charge in [-0.15, -0.1) is 0 Å². The molecule has 88 valence electrons. The number of nitrogens with zero attached hydrogens (tertiary/aromatic N) is 2. The maximum absolute atomic E-state index is 4.24. The van der Waals surface area contributed by atoms with E-state index in [0.717, 1.165) is 6.54 Å². The van der Waals surface area contributed by atoms with Crippen molar-refractivity contribution in [1.82, 2.24) is 15.2 Å². The van der Waals surface area contributed by atoms with Crippen LogP contribution in [0.1, 0.15) is 24.4 Å². The second-order valence-corrected chi connectivity index (χ2v) is 5.05. The fourth-order valence-electron chi connectivity index (χ4n) is 2.80. The Morgan fingerprint density at radius 2 is 2.25 bits per heavy atom. The maximum atomic E-state index is 4.24. The second-order valence-electron chi connectivity index (χ2n) is 5.05. The van der Waals surface area contributed by atoms with Gasteiger partial charge < -0.3 is 10.2 Å². The molecule has 1 unspecified atom stereocenters. The van der Waals surface area contributed by atoms with Gasteiger partial charge in [0.1, 0.15) is 0 Å². The third-order valence-electron chi connectivity index (χ3n) is 3.52. The molecule has 2 rings (SSSR count). The zero-order chi connectivity index (χ0) is 11.6. The second kappa shape index (κ2) is 4.52. The third kappa shape index (κ3) is 2.11. The zero-order valence-corrected chi connectivity index (χ0v) is 10.4. The molecule has 1 saturated carbocycles. The van der Waals surface area contributed by atoms with E-state index >= 15 is 0 Å². The first-order valence-corrected chi connectivity index (χ1v) is 5.90. The standard InChI is InChI=1S/C13H21N3/c1-14-10-13(6-7-13)12(16(2)3)11-5-4-8-15-9-11/h4-5,8-9,12,14H,6-7,10H2,1-3H3. The molecule has 0 bridgehead atoms. The lowest BCUT2D eigenvalue weighted by atomic mass is 9.90. The highest BCUT2D eigenvalue weighted by Gasteiger charge is 2.50. The molecule has 1 aromatic heterocycles. The minimum absolute atomic E-state index is 0.418. The van der Waals surface area contributed by atoms with E-state index in [4.69, 9.17) is 0 Å². The third-order valence-corrected chi connectivity index (χ3v) is 3.52. The Bertz CT molecular complexity index is 330. The van der Waals surface area contributed by atoms with E-state index in [-0.39, 0.29) is 0 Å². The molecule has 0 saturated heterocycles. The first-order chi connectivity index (χ1) is 7.69. The Labute approximate surface area is 97.9 Å². The molecule has 1 heterocycles. The van der Waals surface area contributed by atoms with Gasteiger partial charge in [0, 0.05) is 30.4 Å². The van der Waals surface area contributed by atoms with Gasteiger partial charge in [-0.05, 0) is 45.6 Å². The SMILES string of the molecule is CNCC1(C(c2cccnc2)N(C)C)CC1. The maximum Gasteiger partial charge on any atom is 0.0425 e. The van der Waals surface area contributed by atoms with E-state index in [1.807, 2.05) is 25.5 Å². The van der Waals surface area contributed by atoms with Gasteiger partial charge in [0.05, 0.1) is 0 Å². The van der Waals surface area contributed by atoms with Crippen LogP contribution in [0.2, 0.25) is 0 Å². The monoisotopic (exact) mass is 219 g/mol. The van der Waals surface area contributed by atoms with Crippen molar-refractivity contribution in [3.05, 3.63) is 30.1 Å². The van der Waals surface area contributed by atoms with Crippen molar-refractivity contribution in [1.29, 1.82) is 0 Å². The topological polar surface area (TPSA) is 28.2 Å². The highest BCUT2D eigenvalue weighted by molar-refractivity contribution is 5.21. The van der Waals surface area contributed by atoms with Crippen LogP contribution in [0.4, 0.5) is 0 Å². The summed E-state index contributed by atoms with van der Waals surface area (Å²) in [6.45, 7) is 1.09. The average molecular weight is 219 g/mol. The van der Waals surface area contributed by atoms with E-state index in [1.165, 1.54) is 18.4 Å². The van der Waals surface area contributed by atoms with Crippen molar-refractivity contribution in [2.24, 2.45) is 5.41 Å². The van der Waals surface area contributed by atoms with Gasteiger partial charge in [-0.3, -0.25) is 4.98 Å². The fourth-order valence-corrected chi connectivity index (χ4v) is 2.80. The molecule has 0 aromatic carbocycles. The minimum atomic E-state index is 0.418. The molecule has 0 radical (unpaired) electrons. The van der Waals surface area contributed by atoms with Crippen LogP contribution < -0.4 is 5.32 Å². The van der Waals surface area contributed by atoms with E-state index in [2.05, 4.69) is 35.4 Å². The number of rotatable bonds is 5. The Morgan fingerprint density at radius 1 is 1.50 bits per heavy atom. The quantitative estimate of drug-likeness (QED) is 0.816. The summed E-state index contributed by atoms with van der Waals surface area (Å²) in [6.07, 6.45) is 6.46. The molecule has 0 aliphatic heterocycles. The lowest BCUT2D eigenvalue weighted by Crippen LogP contribution is -2.34. The number of nitrogens with one attached hydrogen (secondary N) is 1. The van der Waals surface area contributed by atoms with E-state index in [0.29, 0.717) is 11.5 Å². The van der Waals surface area contributed by atoms with Gasteiger partial charge >= 0.3 is 0 Å². The van der Waals surface area contributed by atoms with Crippen molar-refractivity contribution in [2.75, 3.05) is 27.7 Å². The Kier molecular flexibility index (Phi) is 3.26. The lowest BCUT2D eigenvalue weighted by molar-refractivity contribution is 0.191. The number of aromatic nitrogens is 1. The Hall–Kier alpha value is -0.930. The van der Waals surface area contributed by atoms with Gasteiger partial charge in [0.2, 0.25) is 0 Å². The largest absolute Gasteiger partial charge is 0.319 e. The molecule has 0 amide bonds. The van der Waals surface area contributed by atoms with Crippen LogP contribution in [-0.4, -0.2) is 37.6 Å². The summed E-state index contributed by atoms with van der Waals surface area (Å²) < 4.78 is 0. The van der Waals surface area contributed by atoms with Gasteiger partial charge in [0.15, 0.2) is 0 Å². The molecule has 1 atom stereocenters. The Balaban J connectivity index is 2.25. The molecule has 1 N–H and O–H groups in total.